The Kier molecular flexibility index (Phi) is 4.03. The summed E-state index contributed by atoms with van der Waals surface area (Å²) >= 11 is 0. The van der Waals surface area contributed by atoms with Crippen molar-refractivity contribution >= 4 is 11.9 Å². The zero-order valence-electron chi connectivity index (χ0n) is 10.0. The van der Waals surface area contributed by atoms with E-state index in [0.717, 1.165) is 19.5 Å². The number of tetrazole rings is 1. The second-order valence-electron chi connectivity index (χ2n) is 4.40. The molecule has 1 saturated heterocycles. The zero-order valence-corrected chi connectivity index (χ0v) is 10.0. The zero-order chi connectivity index (χ0) is 12.1. The van der Waals surface area contributed by atoms with Gasteiger partial charge in [0.25, 0.3) is 5.95 Å². The topological polar surface area (TPSA) is 84.7 Å². The molecule has 1 atom stereocenters. The van der Waals surface area contributed by atoms with Crippen LogP contribution in [0.1, 0.15) is 25.7 Å². The van der Waals surface area contributed by atoms with Gasteiger partial charge in [-0.25, -0.2) is 0 Å². The molecule has 0 saturated carbocycles. The van der Waals surface area contributed by atoms with Gasteiger partial charge in [-0.15, -0.1) is 5.10 Å². The van der Waals surface area contributed by atoms with Gasteiger partial charge in [-0.3, -0.25) is 10.1 Å². The molecule has 2 rings (SSSR count). The highest BCUT2D eigenvalue weighted by atomic mass is 16.1. The molecule has 2 heterocycles. The van der Waals surface area contributed by atoms with E-state index in [4.69, 9.17) is 0 Å². The first kappa shape index (κ1) is 12.0. The number of aryl methyl sites for hydroxylation is 1. The van der Waals surface area contributed by atoms with Gasteiger partial charge in [0.05, 0.1) is 7.05 Å². The fourth-order valence-corrected chi connectivity index (χ4v) is 2.03. The molecule has 7 nitrogen and oxygen atoms in total. The highest BCUT2D eigenvalue weighted by molar-refractivity contribution is 5.88. The van der Waals surface area contributed by atoms with E-state index in [1.165, 1.54) is 17.6 Å². The van der Waals surface area contributed by atoms with Crippen LogP contribution in [0.25, 0.3) is 0 Å². The smallest absolute Gasteiger partial charge is 0.270 e. The van der Waals surface area contributed by atoms with Gasteiger partial charge in [0.1, 0.15) is 0 Å². The number of hydrogen-bond donors (Lipinski definition) is 2. The van der Waals surface area contributed by atoms with Crippen LogP contribution in [0.2, 0.25) is 0 Å². The van der Waals surface area contributed by atoms with E-state index < -0.39 is 0 Å². The Morgan fingerprint density at radius 3 is 3.18 bits per heavy atom. The van der Waals surface area contributed by atoms with Crippen LogP contribution < -0.4 is 10.6 Å². The van der Waals surface area contributed by atoms with Crippen molar-refractivity contribution in [1.29, 1.82) is 0 Å². The summed E-state index contributed by atoms with van der Waals surface area (Å²) in [5, 5.41) is 17.2. The summed E-state index contributed by atoms with van der Waals surface area (Å²) in [7, 11) is 1.66. The van der Waals surface area contributed by atoms with Gasteiger partial charge in [-0.2, -0.15) is 4.80 Å². The normalized spacial score (nSPS) is 20.2. The van der Waals surface area contributed by atoms with Crippen molar-refractivity contribution < 1.29 is 4.79 Å². The number of carbonyl (C=O) groups excluding carboxylic acids is 1. The van der Waals surface area contributed by atoms with Crippen LogP contribution in [0.15, 0.2) is 0 Å². The summed E-state index contributed by atoms with van der Waals surface area (Å²) < 4.78 is 0. The third-order valence-electron chi connectivity index (χ3n) is 2.94. The Morgan fingerprint density at radius 2 is 2.53 bits per heavy atom. The van der Waals surface area contributed by atoms with E-state index in [2.05, 4.69) is 26.0 Å². The van der Waals surface area contributed by atoms with Crippen molar-refractivity contribution in [3.63, 3.8) is 0 Å². The molecule has 94 valence electrons. The summed E-state index contributed by atoms with van der Waals surface area (Å²) in [6.45, 7) is 2.13. The van der Waals surface area contributed by atoms with Crippen molar-refractivity contribution in [2.45, 2.75) is 25.7 Å². The number of aromatic nitrogens is 4. The summed E-state index contributed by atoms with van der Waals surface area (Å²) in [5.41, 5.74) is 0. The molecule has 1 unspecified atom stereocenters. The summed E-state index contributed by atoms with van der Waals surface area (Å²) in [6.07, 6.45) is 3.85. The quantitative estimate of drug-likeness (QED) is 0.767. The minimum absolute atomic E-state index is 0.0384. The lowest BCUT2D eigenvalue weighted by molar-refractivity contribution is -0.116. The first-order valence-corrected chi connectivity index (χ1v) is 5.98. The number of piperidine rings is 1. The molecule has 1 aromatic heterocycles. The monoisotopic (exact) mass is 238 g/mol. The number of rotatable bonds is 4. The van der Waals surface area contributed by atoms with Crippen molar-refractivity contribution in [3.05, 3.63) is 0 Å². The Morgan fingerprint density at radius 1 is 1.65 bits per heavy atom. The van der Waals surface area contributed by atoms with Gasteiger partial charge in [-0.05, 0) is 43.5 Å². The molecule has 1 amide bonds. The molecule has 2 N–H and O–H groups in total. The van der Waals surface area contributed by atoms with Crippen molar-refractivity contribution in [3.8, 4) is 0 Å². The standard InChI is InChI=1S/C10H18N6O/c1-16-14-10(13-15-16)12-9(17)5-4-8-3-2-6-11-7-8/h8,11H,2-7H2,1H3,(H,12,14,17). The van der Waals surface area contributed by atoms with Crippen LogP contribution in [0.3, 0.4) is 0 Å². The molecule has 0 bridgehead atoms. The Hall–Kier alpha value is -1.50. The van der Waals surface area contributed by atoms with Crippen molar-refractivity contribution in [2.75, 3.05) is 18.4 Å². The number of carbonyl (C=O) groups is 1. The predicted molar refractivity (Wildman–Crippen MR) is 62.3 cm³/mol. The van der Waals surface area contributed by atoms with Crippen LogP contribution >= 0.6 is 0 Å². The Bertz CT molecular complexity index is 371. The first-order valence-electron chi connectivity index (χ1n) is 5.98. The van der Waals surface area contributed by atoms with E-state index in [0.29, 0.717) is 12.3 Å². The Balaban J connectivity index is 1.70. The molecule has 1 aliphatic rings. The molecule has 1 aromatic rings. The molecule has 17 heavy (non-hydrogen) atoms. The second-order valence-corrected chi connectivity index (χ2v) is 4.40. The fourth-order valence-electron chi connectivity index (χ4n) is 2.03. The van der Waals surface area contributed by atoms with Crippen LogP contribution in [-0.4, -0.2) is 39.2 Å². The van der Waals surface area contributed by atoms with Crippen LogP contribution in [0.5, 0.6) is 0 Å². The van der Waals surface area contributed by atoms with E-state index in [1.54, 1.807) is 7.05 Å². The molecular formula is C10H18N6O. The molecule has 0 radical (unpaired) electrons. The third kappa shape index (κ3) is 3.77. The minimum atomic E-state index is -0.0384. The molecular weight excluding hydrogens is 220 g/mol. The maximum absolute atomic E-state index is 11.6. The van der Waals surface area contributed by atoms with Crippen LogP contribution in [0, 0.1) is 5.92 Å². The summed E-state index contributed by atoms with van der Waals surface area (Å²) in [6, 6.07) is 0. The number of amides is 1. The number of nitrogens with zero attached hydrogens (tertiary/aromatic N) is 4. The lowest BCUT2D eigenvalue weighted by Crippen LogP contribution is -2.30. The average Bonchev–Trinajstić information content (AvgIpc) is 2.73. The second kappa shape index (κ2) is 5.72. The highest BCUT2D eigenvalue weighted by Crippen LogP contribution is 2.15. The molecule has 0 aromatic carbocycles. The van der Waals surface area contributed by atoms with E-state index >= 15 is 0 Å². The van der Waals surface area contributed by atoms with Gasteiger partial charge in [0.15, 0.2) is 0 Å². The van der Waals surface area contributed by atoms with E-state index in [1.807, 2.05) is 0 Å². The number of hydrogen-bond acceptors (Lipinski definition) is 5. The predicted octanol–water partition coefficient (Wildman–Crippen LogP) is -0.0716. The minimum Gasteiger partial charge on any atom is -0.316 e. The highest BCUT2D eigenvalue weighted by Gasteiger charge is 2.15. The van der Waals surface area contributed by atoms with Crippen LogP contribution in [-0.2, 0) is 11.8 Å². The summed E-state index contributed by atoms with van der Waals surface area (Å²) in [5.74, 6) is 0.854. The van der Waals surface area contributed by atoms with Crippen LogP contribution in [0.4, 0.5) is 5.95 Å². The largest absolute Gasteiger partial charge is 0.316 e. The molecule has 7 heteroatoms. The Labute approximate surface area is 100.0 Å². The molecule has 0 aliphatic carbocycles. The maximum Gasteiger partial charge on any atom is 0.270 e. The third-order valence-corrected chi connectivity index (χ3v) is 2.94. The summed E-state index contributed by atoms with van der Waals surface area (Å²) in [4.78, 5) is 12.9. The lowest BCUT2D eigenvalue weighted by atomic mass is 9.94. The molecule has 0 spiro atoms. The number of nitrogens with one attached hydrogen (secondary N) is 2. The molecule has 1 aliphatic heterocycles. The van der Waals surface area contributed by atoms with Crippen molar-refractivity contribution in [1.82, 2.24) is 25.5 Å². The van der Waals surface area contributed by atoms with Gasteiger partial charge in [-0.1, -0.05) is 5.10 Å². The van der Waals surface area contributed by atoms with Gasteiger partial charge < -0.3 is 5.32 Å². The van der Waals surface area contributed by atoms with Gasteiger partial charge >= 0.3 is 0 Å². The van der Waals surface area contributed by atoms with E-state index in [-0.39, 0.29) is 11.9 Å². The number of anilines is 1. The molecule has 1 fully saturated rings. The lowest BCUT2D eigenvalue weighted by Gasteiger charge is -2.22. The van der Waals surface area contributed by atoms with E-state index in [9.17, 15) is 4.79 Å². The van der Waals surface area contributed by atoms with Crippen molar-refractivity contribution in [2.24, 2.45) is 13.0 Å². The maximum atomic E-state index is 11.6. The fraction of sp³-hybridized carbons (Fsp3) is 0.800. The van der Waals surface area contributed by atoms with Gasteiger partial charge in [0, 0.05) is 6.42 Å². The first-order chi connectivity index (χ1) is 8.24. The van der Waals surface area contributed by atoms with Gasteiger partial charge in [0.2, 0.25) is 5.91 Å². The SMILES string of the molecule is Cn1nnc(NC(=O)CCC2CCCNC2)n1. The average molecular weight is 238 g/mol.